The van der Waals surface area contributed by atoms with E-state index < -0.39 is 5.97 Å². The van der Waals surface area contributed by atoms with E-state index in [1.165, 1.54) is 0 Å². The maximum Gasteiger partial charge on any atom is 0.313 e. The number of aromatic amines is 1. The van der Waals surface area contributed by atoms with Crippen molar-refractivity contribution < 1.29 is 9.90 Å². The maximum atomic E-state index is 10.7. The fourth-order valence-corrected chi connectivity index (χ4v) is 3.36. The summed E-state index contributed by atoms with van der Waals surface area (Å²) >= 11 is 7.15. The Bertz CT molecular complexity index is 1140. The first-order valence-corrected chi connectivity index (χ1v) is 9.63. The van der Waals surface area contributed by atoms with Crippen molar-refractivity contribution in [2.45, 2.75) is 5.16 Å². The predicted molar refractivity (Wildman–Crippen MR) is 108 cm³/mol. The first kappa shape index (κ1) is 18.3. The van der Waals surface area contributed by atoms with E-state index in [1.54, 1.807) is 10.9 Å². The molecule has 0 aliphatic rings. The smallest absolute Gasteiger partial charge is 0.313 e. The zero-order valence-corrected chi connectivity index (χ0v) is 16.0. The first-order chi connectivity index (χ1) is 13.6. The summed E-state index contributed by atoms with van der Waals surface area (Å²) in [6, 6.07) is 15.3. The minimum Gasteiger partial charge on any atom is -0.481 e. The largest absolute Gasteiger partial charge is 0.481 e. The van der Waals surface area contributed by atoms with E-state index in [2.05, 4.69) is 20.3 Å². The molecule has 28 heavy (non-hydrogen) atoms. The number of aromatic nitrogens is 5. The third-order valence-corrected chi connectivity index (χ3v) is 5.01. The van der Waals surface area contributed by atoms with Gasteiger partial charge < -0.3 is 10.1 Å². The van der Waals surface area contributed by atoms with Gasteiger partial charge in [0.2, 0.25) is 0 Å². The normalized spacial score (nSPS) is 10.9. The van der Waals surface area contributed by atoms with Gasteiger partial charge >= 0.3 is 5.97 Å². The van der Waals surface area contributed by atoms with E-state index in [4.69, 9.17) is 16.7 Å². The molecule has 0 radical (unpaired) electrons. The Morgan fingerprint density at radius 2 is 1.93 bits per heavy atom. The first-order valence-electron chi connectivity index (χ1n) is 8.27. The van der Waals surface area contributed by atoms with Crippen LogP contribution in [0.25, 0.3) is 28.2 Å². The maximum absolute atomic E-state index is 10.7. The Morgan fingerprint density at radius 3 is 2.75 bits per heavy atom. The van der Waals surface area contributed by atoms with Crippen LogP contribution in [-0.2, 0) is 4.79 Å². The number of halogens is 1. The summed E-state index contributed by atoms with van der Waals surface area (Å²) < 4.78 is 1.77. The van der Waals surface area contributed by atoms with Gasteiger partial charge in [-0.3, -0.25) is 4.79 Å². The van der Waals surface area contributed by atoms with Gasteiger partial charge in [-0.2, -0.15) is 5.10 Å². The molecule has 0 saturated carbocycles. The zero-order valence-electron chi connectivity index (χ0n) is 14.4. The van der Waals surface area contributed by atoms with Crippen LogP contribution in [-0.4, -0.2) is 41.8 Å². The van der Waals surface area contributed by atoms with E-state index in [0.717, 1.165) is 34.1 Å². The summed E-state index contributed by atoms with van der Waals surface area (Å²) in [7, 11) is 0. The van der Waals surface area contributed by atoms with E-state index in [9.17, 15) is 4.79 Å². The molecule has 140 valence electrons. The van der Waals surface area contributed by atoms with Crippen LogP contribution in [0.5, 0.6) is 0 Å². The van der Waals surface area contributed by atoms with Crippen LogP contribution < -0.4 is 0 Å². The third-order valence-electron chi connectivity index (χ3n) is 3.92. The highest BCUT2D eigenvalue weighted by Gasteiger charge is 2.10. The van der Waals surface area contributed by atoms with Gasteiger partial charge in [0, 0.05) is 22.3 Å². The molecular weight excluding hydrogens is 398 g/mol. The number of H-pyrrole nitrogens is 1. The lowest BCUT2D eigenvalue weighted by molar-refractivity contribution is -0.133. The van der Waals surface area contributed by atoms with Gasteiger partial charge in [0.15, 0.2) is 11.0 Å². The molecule has 0 spiro atoms. The molecule has 9 heteroatoms. The number of thioether (sulfide) groups is 1. The van der Waals surface area contributed by atoms with Crippen LogP contribution in [0, 0.1) is 0 Å². The summed E-state index contributed by atoms with van der Waals surface area (Å²) in [5.74, 6) is -0.393. The number of nitrogens with one attached hydrogen (secondary N) is 1. The minimum atomic E-state index is -0.901. The van der Waals surface area contributed by atoms with Crippen molar-refractivity contribution in [3.05, 3.63) is 65.9 Å². The summed E-state index contributed by atoms with van der Waals surface area (Å²) in [5, 5.41) is 22.4. The van der Waals surface area contributed by atoms with Gasteiger partial charge in [-0.05, 0) is 29.8 Å². The number of benzene rings is 2. The van der Waals surface area contributed by atoms with Crippen LogP contribution >= 0.6 is 23.4 Å². The Morgan fingerprint density at radius 1 is 1.11 bits per heavy atom. The number of carboxylic acids is 1. The molecule has 4 rings (SSSR count). The highest BCUT2D eigenvalue weighted by molar-refractivity contribution is 7.99. The Kier molecular flexibility index (Phi) is 5.14. The van der Waals surface area contributed by atoms with E-state index in [0.29, 0.717) is 16.0 Å². The number of nitrogens with zero attached hydrogens (tertiary/aromatic N) is 4. The Labute approximate surface area is 169 Å². The van der Waals surface area contributed by atoms with Gasteiger partial charge in [-0.25, -0.2) is 4.68 Å². The summed E-state index contributed by atoms with van der Waals surface area (Å²) in [6.45, 7) is 0. The van der Waals surface area contributed by atoms with Gasteiger partial charge in [-0.15, -0.1) is 10.2 Å². The van der Waals surface area contributed by atoms with Crippen molar-refractivity contribution in [3.63, 3.8) is 0 Å². The average molecular weight is 412 g/mol. The second kappa shape index (κ2) is 7.87. The SMILES string of the molecule is O=C(O)CSc1nnc(-c2cccc(-c3cnn(-c4cccc(Cl)c4)c3)c2)[nH]1. The molecule has 4 aromatic rings. The number of hydrogen-bond donors (Lipinski definition) is 2. The molecule has 0 atom stereocenters. The molecule has 0 amide bonds. The Balaban J connectivity index is 1.59. The lowest BCUT2D eigenvalue weighted by Gasteiger charge is -2.02. The van der Waals surface area contributed by atoms with Gasteiger partial charge in [0.25, 0.3) is 0 Å². The molecule has 0 aliphatic heterocycles. The van der Waals surface area contributed by atoms with Crippen molar-refractivity contribution in [2.75, 3.05) is 5.75 Å². The molecule has 2 aromatic heterocycles. The highest BCUT2D eigenvalue weighted by atomic mass is 35.5. The van der Waals surface area contributed by atoms with Crippen molar-refractivity contribution in [1.29, 1.82) is 0 Å². The lowest BCUT2D eigenvalue weighted by Crippen LogP contribution is -1.97. The second-order valence-corrected chi connectivity index (χ2v) is 7.30. The second-order valence-electron chi connectivity index (χ2n) is 5.90. The van der Waals surface area contributed by atoms with Crippen LogP contribution in [0.3, 0.4) is 0 Å². The van der Waals surface area contributed by atoms with E-state index >= 15 is 0 Å². The van der Waals surface area contributed by atoms with Crippen molar-refractivity contribution in [1.82, 2.24) is 25.0 Å². The molecule has 0 saturated heterocycles. The van der Waals surface area contributed by atoms with Gasteiger partial charge in [0.05, 0.1) is 17.6 Å². The van der Waals surface area contributed by atoms with E-state index in [-0.39, 0.29) is 5.75 Å². The molecule has 0 unspecified atom stereocenters. The molecule has 0 bridgehead atoms. The minimum absolute atomic E-state index is 0.0721. The van der Waals surface area contributed by atoms with Gasteiger partial charge in [0.1, 0.15) is 0 Å². The monoisotopic (exact) mass is 411 g/mol. The van der Waals surface area contributed by atoms with Crippen LogP contribution in [0.15, 0.2) is 66.1 Å². The molecule has 0 aliphatic carbocycles. The number of hydrogen-bond acceptors (Lipinski definition) is 5. The standard InChI is InChI=1S/C19H14ClN5O2S/c20-15-5-2-6-16(8-15)25-10-14(9-21-25)12-3-1-4-13(7-12)18-22-19(24-23-18)28-11-17(26)27/h1-10H,11H2,(H,26,27)(H,22,23,24). The fraction of sp³-hybridized carbons (Fsp3) is 0.0526. The molecule has 2 heterocycles. The van der Waals surface area contributed by atoms with Crippen LogP contribution in [0.2, 0.25) is 5.02 Å². The Hall–Kier alpha value is -3.10. The molecule has 7 nitrogen and oxygen atoms in total. The number of rotatable bonds is 6. The molecule has 0 fully saturated rings. The third kappa shape index (κ3) is 4.08. The number of carboxylic acid groups (broad SMARTS) is 1. The summed E-state index contributed by atoms with van der Waals surface area (Å²) in [5.41, 5.74) is 3.65. The fourth-order valence-electron chi connectivity index (χ4n) is 2.65. The average Bonchev–Trinajstić information content (AvgIpc) is 3.36. The highest BCUT2D eigenvalue weighted by Crippen LogP contribution is 2.26. The topological polar surface area (TPSA) is 96.7 Å². The molecule has 2 aromatic carbocycles. The van der Waals surface area contributed by atoms with E-state index in [1.807, 2.05) is 54.7 Å². The van der Waals surface area contributed by atoms with Crippen molar-refractivity contribution in [3.8, 4) is 28.2 Å². The number of carbonyl (C=O) groups is 1. The number of aliphatic carboxylic acids is 1. The predicted octanol–water partition coefficient (Wildman–Crippen LogP) is 4.15. The quantitative estimate of drug-likeness (QED) is 0.462. The summed E-state index contributed by atoms with van der Waals surface area (Å²) in [4.78, 5) is 13.7. The van der Waals surface area contributed by atoms with Crippen molar-refractivity contribution in [2.24, 2.45) is 0 Å². The lowest BCUT2D eigenvalue weighted by atomic mass is 10.1. The van der Waals surface area contributed by atoms with Crippen LogP contribution in [0.4, 0.5) is 0 Å². The molecule has 2 N–H and O–H groups in total. The molecular formula is C19H14ClN5O2S. The van der Waals surface area contributed by atoms with Gasteiger partial charge in [-0.1, -0.05) is 47.6 Å². The van der Waals surface area contributed by atoms with Crippen LogP contribution in [0.1, 0.15) is 0 Å². The zero-order chi connectivity index (χ0) is 19.5. The summed E-state index contributed by atoms with van der Waals surface area (Å²) in [6.07, 6.45) is 3.72. The van der Waals surface area contributed by atoms with Crippen molar-refractivity contribution >= 4 is 29.3 Å².